The quantitative estimate of drug-likeness (QED) is 0.809. The molecule has 4 atom stereocenters. The van der Waals surface area contributed by atoms with Crippen molar-refractivity contribution in [3.05, 3.63) is 12.3 Å². The Morgan fingerprint density at radius 1 is 1.32 bits per heavy atom. The van der Waals surface area contributed by atoms with Gasteiger partial charge in [-0.1, -0.05) is 19.3 Å². The predicted octanol–water partition coefficient (Wildman–Crippen LogP) is 2.20. The van der Waals surface area contributed by atoms with Crippen molar-refractivity contribution in [1.29, 1.82) is 0 Å². The zero-order chi connectivity index (χ0) is 19.1. The van der Waals surface area contributed by atoms with Gasteiger partial charge in [-0.3, -0.25) is 4.79 Å². The highest BCUT2D eigenvalue weighted by Crippen LogP contribution is 2.55. The third-order valence-electron chi connectivity index (χ3n) is 7.45. The van der Waals surface area contributed by atoms with Crippen molar-refractivity contribution in [2.45, 2.75) is 56.7 Å². The van der Waals surface area contributed by atoms with Gasteiger partial charge in [0, 0.05) is 44.1 Å². The van der Waals surface area contributed by atoms with E-state index < -0.39 is 0 Å². The van der Waals surface area contributed by atoms with Crippen molar-refractivity contribution >= 4 is 17.7 Å². The van der Waals surface area contributed by atoms with Crippen LogP contribution in [-0.4, -0.2) is 54.3 Å². The molecule has 1 amide bonds. The fourth-order valence-corrected chi connectivity index (χ4v) is 5.98. The normalized spacial score (nSPS) is 34.5. The summed E-state index contributed by atoms with van der Waals surface area (Å²) in [6.07, 6.45) is 10.1. The molecular weight excluding hydrogens is 354 g/mol. The first-order valence-electron chi connectivity index (χ1n) is 10.9. The second-order valence-electron chi connectivity index (χ2n) is 8.98. The van der Waals surface area contributed by atoms with Gasteiger partial charge in [0.25, 0.3) is 0 Å². The molecule has 4 aliphatic rings. The van der Waals surface area contributed by atoms with E-state index in [2.05, 4.69) is 25.5 Å². The van der Waals surface area contributed by atoms with E-state index in [-0.39, 0.29) is 17.4 Å². The van der Waals surface area contributed by atoms with E-state index >= 15 is 0 Å². The van der Waals surface area contributed by atoms with Gasteiger partial charge >= 0.3 is 0 Å². The molecule has 0 unspecified atom stereocenters. The lowest BCUT2D eigenvalue weighted by Gasteiger charge is -2.30. The number of hydrogen-bond acceptors (Lipinski definition) is 6. The highest BCUT2D eigenvalue weighted by Gasteiger charge is 2.63. The molecule has 0 radical (unpaired) electrons. The summed E-state index contributed by atoms with van der Waals surface area (Å²) in [5.74, 6) is 2.93. The van der Waals surface area contributed by atoms with Gasteiger partial charge in [0.2, 0.25) is 11.9 Å². The van der Waals surface area contributed by atoms with Crippen molar-refractivity contribution in [2.75, 3.05) is 36.9 Å². The van der Waals surface area contributed by atoms with Gasteiger partial charge in [0.05, 0.1) is 18.2 Å². The molecule has 1 saturated carbocycles. The first-order chi connectivity index (χ1) is 13.7. The van der Waals surface area contributed by atoms with Gasteiger partial charge in [0.1, 0.15) is 5.82 Å². The molecule has 0 aromatic carbocycles. The molecular formula is C21H31N5O2. The van der Waals surface area contributed by atoms with Crippen molar-refractivity contribution in [3.8, 4) is 0 Å². The van der Waals surface area contributed by atoms with E-state index in [0.717, 1.165) is 57.1 Å². The molecule has 3 saturated heterocycles. The molecule has 4 heterocycles. The van der Waals surface area contributed by atoms with Crippen molar-refractivity contribution in [1.82, 2.24) is 15.3 Å². The molecule has 2 bridgehead atoms. The van der Waals surface area contributed by atoms with Gasteiger partial charge in [-0.25, -0.2) is 4.98 Å². The van der Waals surface area contributed by atoms with E-state index in [0.29, 0.717) is 17.9 Å². The Kier molecular flexibility index (Phi) is 4.65. The predicted molar refractivity (Wildman–Crippen MR) is 107 cm³/mol. The molecule has 7 nitrogen and oxygen atoms in total. The molecule has 4 fully saturated rings. The number of amides is 1. The topological polar surface area (TPSA) is 79.4 Å². The van der Waals surface area contributed by atoms with Gasteiger partial charge in [0.15, 0.2) is 0 Å². The number of rotatable bonds is 5. The van der Waals surface area contributed by atoms with E-state index in [1.807, 2.05) is 13.1 Å². The lowest BCUT2D eigenvalue weighted by Crippen LogP contribution is -2.43. The molecule has 3 aliphatic heterocycles. The summed E-state index contributed by atoms with van der Waals surface area (Å²) in [5, 5.41) is 6.37. The maximum absolute atomic E-state index is 12.6. The van der Waals surface area contributed by atoms with Crippen molar-refractivity contribution < 1.29 is 9.53 Å². The average Bonchev–Trinajstić information content (AvgIpc) is 3.41. The summed E-state index contributed by atoms with van der Waals surface area (Å²) in [4.78, 5) is 24.0. The number of carbonyl (C=O) groups excluding carboxylic acids is 1. The van der Waals surface area contributed by atoms with Crippen LogP contribution in [0.2, 0.25) is 0 Å². The van der Waals surface area contributed by atoms with Gasteiger partial charge in [-0.05, 0) is 31.7 Å². The molecule has 152 valence electrons. The van der Waals surface area contributed by atoms with Crippen LogP contribution in [0.15, 0.2) is 12.3 Å². The first kappa shape index (κ1) is 18.2. The minimum absolute atomic E-state index is 0.0795. The number of nitrogens with zero attached hydrogens (tertiary/aromatic N) is 3. The van der Waals surface area contributed by atoms with Crippen LogP contribution < -0.4 is 15.5 Å². The van der Waals surface area contributed by atoms with Crippen molar-refractivity contribution in [3.63, 3.8) is 0 Å². The maximum atomic E-state index is 12.6. The van der Waals surface area contributed by atoms with Gasteiger partial charge in [-0.15, -0.1) is 0 Å². The van der Waals surface area contributed by atoms with Crippen LogP contribution >= 0.6 is 0 Å². The van der Waals surface area contributed by atoms with Crippen LogP contribution in [-0.2, 0) is 9.53 Å². The Bertz CT molecular complexity index is 737. The SMILES string of the molecule is CNc1ccnc(N2C[C@@H]3[C@H](CNC(=O)C4CCCCC4)[C@H]4CC[C@]3(C2)O4)n1. The van der Waals surface area contributed by atoms with E-state index in [9.17, 15) is 4.79 Å². The minimum atomic E-state index is -0.0795. The number of carbonyl (C=O) groups is 1. The molecule has 1 aliphatic carbocycles. The van der Waals surface area contributed by atoms with Crippen LogP contribution in [0.3, 0.4) is 0 Å². The second kappa shape index (κ2) is 7.17. The van der Waals surface area contributed by atoms with Crippen LogP contribution in [0, 0.1) is 17.8 Å². The Hall–Kier alpha value is -1.89. The largest absolute Gasteiger partial charge is 0.373 e. The molecule has 1 aromatic heterocycles. The van der Waals surface area contributed by atoms with E-state index in [1.165, 1.54) is 19.3 Å². The number of ether oxygens (including phenoxy) is 1. The monoisotopic (exact) mass is 385 g/mol. The smallest absolute Gasteiger partial charge is 0.227 e. The van der Waals surface area contributed by atoms with E-state index in [1.54, 1.807) is 6.20 Å². The summed E-state index contributed by atoms with van der Waals surface area (Å²) < 4.78 is 6.52. The second-order valence-corrected chi connectivity index (χ2v) is 8.98. The van der Waals surface area contributed by atoms with Crippen molar-refractivity contribution in [2.24, 2.45) is 17.8 Å². The summed E-state index contributed by atoms with van der Waals surface area (Å²) in [7, 11) is 1.87. The highest BCUT2D eigenvalue weighted by atomic mass is 16.5. The highest BCUT2D eigenvalue weighted by molar-refractivity contribution is 5.78. The van der Waals surface area contributed by atoms with Crippen LogP contribution in [0.25, 0.3) is 0 Å². The Morgan fingerprint density at radius 2 is 2.18 bits per heavy atom. The summed E-state index contributed by atoms with van der Waals surface area (Å²) in [6.45, 7) is 2.51. The minimum Gasteiger partial charge on any atom is -0.373 e. The zero-order valence-corrected chi connectivity index (χ0v) is 16.7. The van der Waals surface area contributed by atoms with Crippen LogP contribution in [0.1, 0.15) is 44.9 Å². The Balaban J connectivity index is 1.26. The molecule has 2 N–H and O–H groups in total. The Labute approximate surface area is 166 Å². The third kappa shape index (κ3) is 3.04. The first-order valence-corrected chi connectivity index (χ1v) is 10.9. The number of nitrogens with one attached hydrogen (secondary N) is 2. The van der Waals surface area contributed by atoms with Crippen LogP contribution in [0.5, 0.6) is 0 Å². The lowest BCUT2D eigenvalue weighted by atomic mass is 9.73. The fraction of sp³-hybridized carbons (Fsp3) is 0.762. The standard InChI is InChI=1S/C21H31N5O2/c1-22-18-8-10-23-20(25-18)26-12-16-15(17-7-9-21(16,13-26)28-17)11-24-19(27)14-5-3-2-4-6-14/h8,10,14-17H,2-7,9,11-13H2,1H3,(H,24,27)(H,22,23,25)/t15-,16+,17+,21+/m0/s1. The molecule has 1 spiro atoms. The molecule has 28 heavy (non-hydrogen) atoms. The third-order valence-corrected chi connectivity index (χ3v) is 7.45. The number of fused-ring (bicyclic) bond motifs is 1. The molecule has 1 aromatic rings. The van der Waals surface area contributed by atoms with E-state index in [4.69, 9.17) is 4.74 Å². The Morgan fingerprint density at radius 3 is 3.00 bits per heavy atom. The lowest BCUT2D eigenvalue weighted by molar-refractivity contribution is -0.126. The molecule has 5 rings (SSSR count). The van der Waals surface area contributed by atoms with Gasteiger partial charge < -0.3 is 20.3 Å². The molecule has 7 heteroatoms. The average molecular weight is 386 g/mol. The number of hydrogen-bond donors (Lipinski definition) is 2. The van der Waals surface area contributed by atoms with Gasteiger partial charge in [-0.2, -0.15) is 4.98 Å². The number of aromatic nitrogens is 2. The maximum Gasteiger partial charge on any atom is 0.227 e. The summed E-state index contributed by atoms with van der Waals surface area (Å²) >= 11 is 0. The van der Waals surface area contributed by atoms with Crippen LogP contribution in [0.4, 0.5) is 11.8 Å². The number of anilines is 2. The zero-order valence-electron chi connectivity index (χ0n) is 16.7. The summed E-state index contributed by atoms with van der Waals surface area (Å²) in [5.41, 5.74) is -0.0795. The fourth-order valence-electron chi connectivity index (χ4n) is 5.98. The summed E-state index contributed by atoms with van der Waals surface area (Å²) in [6, 6.07) is 1.88.